The molecule has 4 heterocycles. The van der Waals surface area contributed by atoms with E-state index in [1.807, 2.05) is 30.3 Å². The van der Waals surface area contributed by atoms with Gasteiger partial charge in [0.2, 0.25) is 5.91 Å². The maximum atomic E-state index is 13.0. The molecule has 1 atom stereocenters. The van der Waals surface area contributed by atoms with Crippen molar-refractivity contribution in [2.45, 2.75) is 19.0 Å². The highest BCUT2D eigenvalue weighted by Crippen LogP contribution is 2.32. The van der Waals surface area contributed by atoms with Gasteiger partial charge in [0.25, 0.3) is 5.91 Å². The highest BCUT2D eigenvalue weighted by Gasteiger charge is 2.43. The molecule has 2 aliphatic heterocycles. The summed E-state index contributed by atoms with van der Waals surface area (Å²) in [5.41, 5.74) is 3.95. The number of fused-ring (bicyclic) bond motifs is 4. The maximum absolute atomic E-state index is 13.0. The Labute approximate surface area is 155 Å². The molecule has 2 aromatic heterocycles. The summed E-state index contributed by atoms with van der Waals surface area (Å²) in [6, 6.07) is 11.2. The van der Waals surface area contributed by atoms with Crippen LogP contribution in [0.15, 0.2) is 53.9 Å². The van der Waals surface area contributed by atoms with Crippen molar-refractivity contribution in [2.75, 3.05) is 6.54 Å². The predicted molar refractivity (Wildman–Crippen MR) is 99.9 cm³/mol. The van der Waals surface area contributed by atoms with Crippen LogP contribution in [-0.4, -0.2) is 50.5 Å². The first-order valence-corrected chi connectivity index (χ1v) is 8.84. The number of aromatic nitrogens is 2. The number of H-pyrrole nitrogens is 1. The van der Waals surface area contributed by atoms with E-state index in [-0.39, 0.29) is 18.4 Å². The summed E-state index contributed by atoms with van der Waals surface area (Å²) in [6.45, 7) is 0.390. The van der Waals surface area contributed by atoms with Gasteiger partial charge in [-0.15, -0.1) is 0 Å². The molecule has 134 valence electrons. The Morgan fingerprint density at radius 3 is 2.89 bits per heavy atom. The van der Waals surface area contributed by atoms with Crippen LogP contribution in [0.3, 0.4) is 0 Å². The number of hydrogen-bond acceptors (Lipinski definition) is 4. The number of carbonyl (C=O) groups excluding carboxylic acids is 2. The minimum atomic E-state index is -0.510. The fraction of sp³-hybridized carbons (Fsp3) is 0.200. The SMILES string of the molecule is O=C1[C@@H]2Cc3c([nH]c4ccccc34)CN2C(=O)CN1/N=C/c1cccnc1. The minimum absolute atomic E-state index is 0.0400. The third kappa shape index (κ3) is 2.59. The lowest BCUT2D eigenvalue weighted by Gasteiger charge is -2.40. The van der Waals surface area contributed by atoms with Gasteiger partial charge in [-0.1, -0.05) is 24.3 Å². The van der Waals surface area contributed by atoms with E-state index >= 15 is 0 Å². The summed E-state index contributed by atoms with van der Waals surface area (Å²) in [7, 11) is 0. The second-order valence-electron chi connectivity index (χ2n) is 6.80. The number of benzene rings is 1. The van der Waals surface area contributed by atoms with Crippen LogP contribution in [0.1, 0.15) is 16.8 Å². The monoisotopic (exact) mass is 359 g/mol. The van der Waals surface area contributed by atoms with Crippen LogP contribution >= 0.6 is 0 Å². The summed E-state index contributed by atoms with van der Waals surface area (Å²) in [5.74, 6) is -0.238. The zero-order chi connectivity index (χ0) is 18.4. The second-order valence-corrected chi connectivity index (χ2v) is 6.80. The lowest BCUT2D eigenvalue weighted by atomic mass is 9.94. The van der Waals surface area contributed by atoms with Crippen LogP contribution < -0.4 is 0 Å². The molecular weight excluding hydrogens is 342 g/mol. The molecule has 1 aromatic carbocycles. The first-order chi connectivity index (χ1) is 13.2. The molecule has 27 heavy (non-hydrogen) atoms. The number of rotatable bonds is 2. The lowest BCUT2D eigenvalue weighted by Crippen LogP contribution is -2.60. The predicted octanol–water partition coefficient (Wildman–Crippen LogP) is 1.69. The van der Waals surface area contributed by atoms with E-state index < -0.39 is 6.04 Å². The summed E-state index contributed by atoms with van der Waals surface area (Å²) in [4.78, 5) is 34.7. The maximum Gasteiger partial charge on any atom is 0.266 e. The van der Waals surface area contributed by atoms with Crippen LogP contribution in [0.25, 0.3) is 10.9 Å². The molecule has 0 radical (unpaired) electrons. The molecule has 1 N–H and O–H groups in total. The Hall–Kier alpha value is -3.48. The van der Waals surface area contributed by atoms with E-state index in [0.29, 0.717) is 13.0 Å². The van der Waals surface area contributed by atoms with Gasteiger partial charge >= 0.3 is 0 Å². The molecule has 7 nitrogen and oxygen atoms in total. The average Bonchev–Trinajstić information content (AvgIpc) is 3.07. The Kier molecular flexibility index (Phi) is 3.53. The molecule has 7 heteroatoms. The Balaban J connectivity index is 1.46. The number of nitrogens with one attached hydrogen (secondary N) is 1. The van der Waals surface area contributed by atoms with Gasteiger partial charge < -0.3 is 9.88 Å². The van der Waals surface area contributed by atoms with Gasteiger partial charge in [-0.3, -0.25) is 14.6 Å². The molecule has 2 amide bonds. The van der Waals surface area contributed by atoms with Gasteiger partial charge in [0, 0.05) is 41.0 Å². The number of amides is 2. The van der Waals surface area contributed by atoms with Gasteiger partial charge in [0.1, 0.15) is 12.6 Å². The van der Waals surface area contributed by atoms with E-state index in [1.54, 1.807) is 29.6 Å². The number of carbonyl (C=O) groups is 2. The Bertz CT molecular complexity index is 1070. The fourth-order valence-electron chi connectivity index (χ4n) is 3.85. The number of hydrazone groups is 1. The Morgan fingerprint density at radius 1 is 1.15 bits per heavy atom. The van der Waals surface area contributed by atoms with Crippen LogP contribution in [-0.2, 0) is 22.6 Å². The van der Waals surface area contributed by atoms with Crippen molar-refractivity contribution in [3.05, 3.63) is 65.6 Å². The first-order valence-electron chi connectivity index (χ1n) is 8.84. The normalized spacial score (nSPS) is 19.6. The standard InChI is InChI=1S/C20H17N5O2/c26-19-12-25(22-10-13-4-3-7-21-9-13)20(27)18-8-15-14-5-1-2-6-16(14)23-17(15)11-24(18)19/h1-7,9-10,18,23H,8,11-12H2/b22-10+/t18-/m0/s1. The smallest absolute Gasteiger partial charge is 0.266 e. The average molecular weight is 359 g/mol. The van der Waals surface area contributed by atoms with Crippen molar-refractivity contribution < 1.29 is 9.59 Å². The quantitative estimate of drug-likeness (QED) is 0.707. The molecule has 0 aliphatic carbocycles. The number of pyridine rings is 1. The highest BCUT2D eigenvalue weighted by atomic mass is 16.2. The van der Waals surface area contributed by atoms with Crippen LogP contribution in [0.4, 0.5) is 0 Å². The molecule has 0 unspecified atom stereocenters. The Morgan fingerprint density at radius 2 is 2.04 bits per heavy atom. The van der Waals surface area contributed by atoms with Crippen LogP contribution in [0.5, 0.6) is 0 Å². The van der Waals surface area contributed by atoms with Crippen LogP contribution in [0.2, 0.25) is 0 Å². The van der Waals surface area contributed by atoms with Crippen molar-refractivity contribution in [1.82, 2.24) is 19.9 Å². The molecule has 1 fully saturated rings. The van der Waals surface area contributed by atoms with Crippen molar-refractivity contribution in [2.24, 2.45) is 5.10 Å². The third-order valence-electron chi connectivity index (χ3n) is 5.18. The summed E-state index contributed by atoms with van der Waals surface area (Å²) in [6.07, 6.45) is 5.40. The van der Waals surface area contributed by atoms with Crippen molar-refractivity contribution >= 4 is 28.9 Å². The van der Waals surface area contributed by atoms with Crippen molar-refractivity contribution in [1.29, 1.82) is 0 Å². The number of hydrogen-bond donors (Lipinski definition) is 1. The highest BCUT2D eigenvalue weighted by molar-refractivity contribution is 5.97. The fourth-order valence-corrected chi connectivity index (χ4v) is 3.85. The molecule has 5 rings (SSSR count). The zero-order valence-corrected chi connectivity index (χ0v) is 14.5. The number of aromatic amines is 1. The third-order valence-corrected chi connectivity index (χ3v) is 5.18. The zero-order valence-electron chi connectivity index (χ0n) is 14.5. The first kappa shape index (κ1) is 15.7. The molecule has 1 saturated heterocycles. The topological polar surface area (TPSA) is 81.7 Å². The van der Waals surface area contributed by atoms with E-state index in [4.69, 9.17) is 0 Å². The van der Waals surface area contributed by atoms with Crippen LogP contribution in [0, 0.1) is 0 Å². The van der Waals surface area contributed by atoms with Gasteiger partial charge in [0.05, 0.1) is 12.8 Å². The van der Waals surface area contributed by atoms with Gasteiger partial charge in [-0.25, -0.2) is 5.01 Å². The summed E-state index contributed by atoms with van der Waals surface area (Å²) >= 11 is 0. The largest absolute Gasteiger partial charge is 0.357 e. The summed E-state index contributed by atoms with van der Waals surface area (Å²) in [5, 5.41) is 6.63. The van der Waals surface area contributed by atoms with Gasteiger partial charge in [-0.2, -0.15) is 5.10 Å². The molecule has 3 aromatic rings. The number of piperazine rings is 1. The van der Waals surface area contributed by atoms with E-state index in [0.717, 1.165) is 27.7 Å². The van der Waals surface area contributed by atoms with Gasteiger partial charge in [0.15, 0.2) is 0 Å². The molecule has 0 bridgehead atoms. The van der Waals surface area contributed by atoms with Crippen molar-refractivity contribution in [3.8, 4) is 0 Å². The molecule has 0 spiro atoms. The minimum Gasteiger partial charge on any atom is -0.357 e. The number of nitrogens with zero attached hydrogens (tertiary/aromatic N) is 4. The molecule has 2 aliphatic rings. The second kappa shape index (κ2) is 6.05. The molecule has 0 saturated carbocycles. The van der Waals surface area contributed by atoms with E-state index in [9.17, 15) is 9.59 Å². The van der Waals surface area contributed by atoms with E-state index in [1.165, 1.54) is 5.01 Å². The molecular formula is C20H17N5O2. The van der Waals surface area contributed by atoms with Gasteiger partial charge in [-0.05, 0) is 17.7 Å². The van der Waals surface area contributed by atoms with E-state index in [2.05, 4.69) is 15.1 Å². The lowest BCUT2D eigenvalue weighted by molar-refractivity contribution is -0.157. The number of para-hydroxylation sites is 1. The van der Waals surface area contributed by atoms with Crippen molar-refractivity contribution in [3.63, 3.8) is 0 Å². The summed E-state index contributed by atoms with van der Waals surface area (Å²) < 4.78 is 0.